The van der Waals surface area contributed by atoms with Crippen LogP contribution in [-0.4, -0.2) is 23.5 Å². The number of rotatable bonds is 0. The van der Waals surface area contributed by atoms with Crippen molar-refractivity contribution in [1.82, 2.24) is 0 Å². The van der Waals surface area contributed by atoms with Crippen LogP contribution in [0.15, 0.2) is 36.0 Å². The SMILES string of the molecule is C/C=C1/C=CC2C(=O)C3C=CC4C(=O)OC(=O)C4C3C(=O)C2C1. The number of ketones is 2. The summed E-state index contributed by atoms with van der Waals surface area (Å²) in [6.07, 6.45) is 9.33. The Kier molecular flexibility index (Phi) is 3.01. The number of hydrogen-bond acceptors (Lipinski definition) is 5. The molecule has 0 aromatic carbocycles. The minimum atomic E-state index is -0.838. The molecule has 118 valence electrons. The molecule has 0 bridgehead atoms. The van der Waals surface area contributed by atoms with E-state index in [1.54, 1.807) is 18.2 Å². The van der Waals surface area contributed by atoms with E-state index in [-0.39, 0.29) is 11.6 Å². The van der Waals surface area contributed by atoms with Crippen LogP contribution in [0.1, 0.15) is 13.3 Å². The second kappa shape index (κ2) is 4.85. The molecule has 0 radical (unpaired) electrons. The Morgan fingerprint density at radius 1 is 0.913 bits per heavy atom. The summed E-state index contributed by atoms with van der Waals surface area (Å²) in [6.45, 7) is 1.89. The molecule has 5 nitrogen and oxygen atoms in total. The lowest BCUT2D eigenvalue weighted by Crippen LogP contribution is -2.52. The highest BCUT2D eigenvalue weighted by atomic mass is 16.6. The number of ether oxygens (including phenoxy) is 1. The minimum absolute atomic E-state index is 0.0344. The molecule has 0 N–H and O–H groups in total. The molecule has 0 amide bonds. The van der Waals surface area contributed by atoms with Crippen molar-refractivity contribution in [2.75, 3.05) is 0 Å². The summed E-state index contributed by atoms with van der Waals surface area (Å²) in [6, 6.07) is 0. The second-order valence-electron chi connectivity index (χ2n) is 6.59. The summed E-state index contributed by atoms with van der Waals surface area (Å²) in [4.78, 5) is 49.6. The lowest BCUT2D eigenvalue weighted by atomic mass is 9.57. The van der Waals surface area contributed by atoms with Crippen molar-refractivity contribution in [1.29, 1.82) is 0 Å². The van der Waals surface area contributed by atoms with E-state index in [4.69, 9.17) is 4.74 Å². The van der Waals surface area contributed by atoms with E-state index in [9.17, 15) is 19.2 Å². The van der Waals surface area contributed by atoms with Crippen LogP contribution in [0.3, 0.4) is 0 Å². The van der Waals surface area contributed by atoms with Gasteiger partial charge in [-0.15, -0.1) is 0 Å². The first-order valence-corrected chi connectivity index (χ1v) is 7.87. The van der Waals surface area contributed by atoms with Crippen LogP contribution in [-0.2, 0) is 23.9 Å². The predicted octanol–water partition coefficient (Wildman–Crippen LogP) is 1.39. The molecule has 2 fully saturated rings. The largest absolute Gasteiger partial charge is 0.392 e. The molecule has 0 spiro atoms. The van der Waals surface area contributed by atoms with E-state index >= 15 is 0 Å². The van der Waals surface area contributed by atoms with Gasteiger partial charge in [-0.3, -0.25) is 19.2 Å². The van der Waals surface area contributed by atoms with E-state index < -0.39 is 47.4 Å². The number of fused-ring (bicyclic) bond motifs is 4. The molecule has 6 unspecified atom stereocenters. The van der Waals surface area contributed by atoms with Gasteiger partial charge in [-0.25, -0.2) is 0 Å². The smallest absolute Gasteiger partial charge is 0.321 e. The molecule has 5 heteroatoms. The highest BCUT2D eigenvalue weighted by molar-refractivity contribution is 6.07. The van der Waals surface area contributed by atoms with Crippen LogP contribution in [0, 0.1) is 35.5 Å². The molecular weight excluding hydrogens is 296 g/mol. The number of allylic oxidation sites excluding steroid dienone is 5. The second-order valence-corrected chi connectivity index (χ2v) is 6.59. The third kappa shape index (κ3) is 1.85. The molecule has 4 aliphatic rings. The van der Waals surface area contributed by atoms with Crippen molar-refractivity contribution in [3.63, 3.8) is 0 Å². The van der Waals surface area contributed by atoms with Crippen molar-refractivity contribution in [3.05, 3.63) is 36.0 Å². The molecule has 6 atom stereocenters. The monoisotopic (exact) mass is 312 g/mol. The van der Waals surface area contributed by atoms with E-state index in [1.807, 2.05) is 19.1 Å². The van der Waals surface area contributed by atoms with Crippen LogP contribution in [0.2, 0.25) is 0 Å². The zero-order valence-corrected chi connectivity index (χ0v) is 12.6. The summed E-state index contributed by atoms with van der Waals surface area (Å²) >= 11 is 0. The highest BCUT2D eigenvalue weighted by Crippen LogP contribution is 2.48. The zero-order chi connectivity index (χ0) is 16.3. The molecule has 0 aromatic rings. The minimum Gasteiger partial charge on any atom is -0.392 e. The van der Waals surface area contributed by atoms with Crippen LogP contribution < -0.4 is 0 Å². The normalized spacial score (nSPS) is 43.3. The number of hydrogen-bond donors (Lipinski definition) is 0. The number of carbonyl (C=O) groups is 4. The van der Waals surface area contributed by atoms with E-state index in [1.165, 1.54) is 0 Å². The summed E-state index contributed by atoms with van der Waals surface area (Å²) in [7, 11) is 0. The Labute approximate surface area is 133 Å². The fourth-order valence-corrected chi connectivity index (χ4v) is 4.37. The van der Waals surface area contributed by atoms with Gasteiger partial charge < -0.3 is 4.74 Å². The van der Waals surface area contributed by atoms with Gasteiger partial charge >= 0.3 is 11.9 Å². The van der Waals surface area contributed by atoms with Gasteiger partial charge in [-0.2, -0.15) is 0 Å². The zero-order valence-electron chi connectivity index (χ0n) is 12.6. The quantitative estimate of drug-likeness (QED) is 0.384. The van der Waals surface area contributed by atoms with Crippen molar-refractivity contribution in [2.24, 2.45) is 35.5 Å². The Bertz CT molecular complexity index is 726. The summed E-state index contributed by atoms with van der Waals surface area (Å²) in [5.41, 5.74) is 1.01. The lowest BCUT2D eigenvalue weighted by molar-refractivity contribution is -0.156. The van der Waals surface area contributed by atoms with Gasteiger partial charge in [0, 0.05) is 23.7 Å². The number of Topliss-reactive ketones (excluding diaryl/α,β-unsaturated/α-hetero) is 2. The van der Waals surface area contributed by atoms with Gasteiger partial charge in [-0.1, -0.05) is 36.0 Å². The summed E-state index contributed by atoms with van der Waals surface area (Å²) < 4.78 is 4.70. The van der Waals surface area contributed by atoms with Gasteiger partial charge in [0.15, 0.2) is 0 Å². The highest BCUT2D eigenvalue weighted by Gasteiger charge is 2.59. The number of carbonyl (C=O) groups excluding carboxylic acids is 4. The lowest BCUT2D eigenvalue weighted by Gasteiger charge is -2.42. The Morgan fingerprint density at radius 3 is 2.39 bits per heavy atom. The molecular formula is C18H16O5. The van der Waals surface area contributed by atoms with E-state index in [0.29, 0.717) is 6.42 Å². The van der Waals surface area contributed by atoms with Gasteiger partial charge in [0.05, 0.1) is 11.8 Å². The van der Waals surface area contributed by atoms with Crippen molar-refractivity contribution < 1.29 is 23.9 Å². The predicted molar refractivity (Wildman–Crippen MR) is 78.7 cm³/mol. The Balaban J connectivity index is 1.78. The van der Waals surface area contributed by atoms with Gasteiger partial charge in [0.25, 0.3) is 0 Å². The topological polar surface area (TPSA) is 77.5 Å². The van der Waals surface area contributed by atoms with Crippen molar-refractivity contribution >= 4 is 23.5 Å². The number of esters is 2. The van der Waals surface area contributed by atoms with Gasteiger partial charge in [-0.05, 0) is 13.3 Å². The van der Waals surface area contributed by atoms with E-state index in [0.717, 1.165) is 5.57 Å². The molecule has 23 heavy (non-hydrogen) atoms. The van der Waals surface area contributed by atoms with Gasteiger partial charge in [0.1, 0.15) is 11.6 Å². The molecule has 1 heterocycles. The van der Waals surface area contributed by atoms with Crippen molar-refractivity contribution in [2.45, 2.75) is 13.3 Å². The number of cyclic esters (lactones) is 2. The molecule has 1 saturated heterocycles. The van der Waals surface area contributed by atoms with Crippen LogP contribution in [0.4, 0.5) is 0 Å². The Morgan fingerprint density at radius 2 is 1.65 bits per heavy atom. The van der Waals surface area contributed by atoms with Gasteiger partial charge in [0.2, 0.25) is 0 Å². The average Bonchev–Trinajstić information content (AvgIpc) is 2.86. The summed E-state index contributed by atoms with van der Waals surface area (Å²) in [5, 5.41) is 0. The maximum atomic E-state index is 13.0. The molecule has 3 aliphatic carbocycles. The van der Waals surface area contributed by atoms with E-state index in [2.05, 4.69) is 0 Å². The average molecular weight is 312 g/mol. The first-order chi connectivity index (χ1) is 11.0. The first-order valence-electron chi connectivity index (χ1n) is 7.87. The molecule has 1 aliphatic heterocycles. The summed E-state index contributed by atoms with van der Waals surface area (Å²) in [5.74, 6) is -5.22. The fraction of sp³-hybridized carbons (Fsp3) is 0.444. The third-order valence-electron chi connectivity index (χ3n) is 5.56. The van der Waals surface area contributed by atoms with Crippen LogP contribution in [0.25, 0.3) is 0 Å². The molecule has 4 rings (SSSR count). The molecule has 1 saturated carbocycles. The third-order valence-corrected chi connectivity index (χ3v) is 5.56. The maximum Gasteiger partial charge on any atom is 0.321 e. The molecule has 0 aromatic heterocycles. The fourth-order valence-electron chi connectivity index (χ4n) is 4.37. The van der Waals surface area contributed by atoms with Crippen molar-refractivity contribution in [3.8, 4) is 0 Å². The van der Waals surface area contributed by atoms with Crippen LogP contribution in [0.5, 0.6) is 0 Å². The maximum absolute atomic E-state index is 13.0. The standard InChI is InChI=1S/C18H16O5/c1-2-8-3-4-9-12(7-8)16(20)13-10(15(9)19)5-6-11-14(13)18(22)23-17(11)21/h2-6,9-14H,7H2,1H3/b8-2-. The van der Waals surface area contributed by atoms with Crippen LogP contribution >= 0.6 is 0 Å². The first kappa shape index (κ1) is 14.3. The Hall–Kier alpha value is -2.30.